The molecule has 0 bridgehead atoms. The van der Waals surface area contributed by atoms with E-state index in [1.54, 1.807) is 36.4 Å². The molecule has 0 radical (unpaired) electrons. The summed E-state index contributed by atoms with van der Waals surface area (Å²) in [6.07, 6.45) is 0. The van der Waals surface area contributed by atoms with E-state index in [1.807, 2.05) is 42.5 Å². The fourth-order valence-electron chi connectivity index (χ4n) is 2.79. The van der Waals surface area contributed by atoms with Crippen LogP contribution in [0.2, 0.25) is 0 Å². The van der Waals surface area contributed by atoms with E-state index in [2.05, 4.69) is 26.1 Å². The Morgan fingerprint density at radius 3 is 1.74 bits per heavy atom. The zero-order valence-corrected chi connectivity index (χ0v) is 15.8. The van der Waals surface area contributed by atoms with Crippen molar-refractivity contribution in [3.05, 3.63) is 101 Å². The summed E-state index contributed by atoms with van der Waals surface area (Å²) in [7, 11) is 0. The SMILES string of the molecule is CC(C)(C)c1ccc(NC(=O)c2ccc(C(=O)c3ccccc3)cc2)cc1. The highest BCUT2D eigenvalue weighted by molar-refractivity contribution is 6.10. The summed E-state index contributed by atoms with van der Waals surface area (Å²) in [5.74, 6) is -0.252. The number of carbonyl (C=O) groups is 2. The van der Waals surface area contributed by atoms with Gasteiger partial charge in [0.05, 0.1) is 0 Å². The first kappa shape index (κ1) is 18.6. The number of benzene rings is 3. The Morgan fingerprint density at radius 2 is 1.19 bits per heavy atom. The summed E-state index contributed by atoms with van der Waals surface area (Å²) >= 11 is 0. The number of ketones is 1. The van der Waals surface area contributed by atoms with Gasteiger partial charge in [-0.3, -0.25) is 9.59 Å². The summed E-state index contributed by atoms with van der Waals surface area (Å²) in [5.41, 5.74) is 3.74. The van der Waals surface area contributed by atoms with Crippen molar-refractivity contribution in [2.45, 2.75) is 26.2 Å². The fourth-order valence-corrected chi connectivity index (χ4v) is 2.79. The zero-order chi connectivity index (χ0) is 19.4. The van der Waals surface area contributed by atoms with Crippen molar-refractivity contribution >= 4 is 17.4 Å². The van der Waals surface area contributed by atoms with Gasteiger partial charge in [0, 0.05) is 22.4 Å². The third-order valence-electron chi connectivity index (χ3n) is 4.45. The molecular formula is C24H23NO2. The van der Waals surface area contributed by atoms with Gasteiger partial charge in [0.25, 0.3) is 5.91 Å². The summed E-state index contributed by atoms with van der Waals surface area (Å²) in [6, 6.07) is 23.7. The Labute approximate surface area is 160 Å². The van der Waals surface area contributed by atoms with Gasteiger partial charge in [0.2, 0.25) is 0 Å². The van der Waals surface area contributed by atoms with Crippen LogP contribution in [0.4, 0.5) is 5.69 Å². The van der Waals surface area contributed by atoms with Crippen LogP contribution in [0, 0.1) is 0 Å². The molecule has 3 nitrogen and oxygen atoms in total. The number of nitrogens with one attached hydrogen (secondary N) is 1. The van der Waals surface area contributed by atoms with Gasteiger partial charge in [0.15, 0.2) is 5.78 Å². The minimum Gasteiger partial charge on any atom is -0.322 e. The van der Waals surface area contributed by atoms with E-state index in [4.69, 9.17) is 0 Å². The number of anilines is 1. The average Bonchev–Trinajstić information content (AvgIpc) is 2.68. The molecule has 0 unspecified atom stereocenters. The van der Waals surface area contributed by atoms with E-state index >= 15 is 0 Å². The standard InChI is InChI=1S/C24H23NO2/c1-24(2,3)20-13-15-21(16-14-20)25-23(27)19-11-9-18(10-12-19)22(26)17-7-5-4-6-8-17/h4-16H,1-3H3,(H,25,27). The van der Waals surface area contributed by atoms with Crippen LogP contribution in [-0.2, 0) is 5.41 Å². The predicted molar refractivity (Wildman–Crippen MR) is 109 cm³/mol. The van der Waals surface area contributed by atoms with Gasteiger partial charge in [0.1, 0.15) is 0 Å². The van der Waals surface area contributed by atoms with E-state index < -0.39 is 0 Å². The summed E-state index contributed by atoms with van der Waals surface area (Å²) < 4.78 is 0. The van der Waals surface area contributed by atoms with Crippen molar-refractivity contribution in [1.29, 1.82) is 0 Å². The van der Waals surface area contributed by atoms with Crippen LogP contribution < -0.4 is 5.32 Å². The lowest BCUT2D eigenvalue weighted by Gasteiger charge is -2.19. The van der Waals surface area contributed by atoms with E-state index in [9.17, 15) is 9.59 Å². The van der Waals surface area contributed by atoms with Crippen molar-refractivity contribution in [3.63, 3.8) is 0 Å². The Morgan fingerprint density at radius 1 is 0.667 bits per heavy atom. The molecule has 0 aliphatic carbocycles. The van der Waals surface area contributed by atoms with Gasteiger partial charge < -0.3 is 5.32 Å². The van der Waals surface area contributed by atoms with Crippen molar-refractivity contribution in [3.8, 4) is 0 Å². The van der Waals surface area contributed by atoms with Gasteiger partial charge in [-0.25, -0.2) is 0 Å². The molecule has 1 N–H and O–H groups in total. The topological polar surface area (TPSA) is 46.2 Å². The predicted octanol–water partition coefficient (Wildman–Crippen LogP) is 5.47. The molecule has 3 aromatic rings. The lowest BCUT2D eigenvalue weighted by Crippen LogP contribution is -2.14. The maximum Gasteiger partial charge on any atom is 0.255 e. The number of amides is 1. The van der Waals surface area contributed by atoms with Crippen molar-refractivity contribution in [1.82, 2.24) is 0 Å². The first-order chi connectivity index (χ1) is 12.8. The number of hydrogen-bond acceptors (Lipinski definition) is 2. The normalized spacial score (nSPS) is 11.1. The molecule has 0 fully saturated rings. The van der Waals surface area contributed by atoms with E-state index in [0.29, 0.717) is 16.7 Å². The molecule has 0 saturated carbocycles. The van der Waals surface area contributed by atoms with Crippen LogP contribution in [-0.4, -0.2) is 11.7 Å². The number of hydrogen-bond donors (Lipinski definition) is 1. The molecule has 3 heteroatoms. The lowest BCUT2D eigenvalue weighted by atomic mass is 9.87. The summed E-state index contributed by atoms with van der Waals surface area (Å²) in [4.78, 5) is 24.9. The summed E-state index contributed by atoms with van der Waals surface area (Å²) in [6.45, 7) is 6.45. The van der Waals surface area contributed by atoms with Crippen molar-refractivity contribution in [2.24, 2.45) is 0 Å². The van der Waals surface area contributed by atoms with E-state index in [1.165, 1.54) is 5.56 Å². The van der Waals surface area contributed by atoms with Crippen molar-refractivity contribution in [2.75, 3.05) is 5.32 Å². The minimum absolute atomic E-state index is 0.0553. The molecule has 136 valence electrons. The second kappa shape index (κ2) is 7.58. The van der Waals surface area contributed by atoms with Crippen LogP contribution in [0.15, 0.2) is 78.9 Å². The summed E-state index contributed by atoms with van der Waals surface area (Å²) in [5, 5.41) is 2.89. The van der Waals surface area contributed by atoms with Crippen LogP contribution >= 0.6 is 0 Å². The highest BCUT2D eigenvalue weighted by Crippen LogP contribution is 2.23. The molecule has 3 rings (SSSR count). The van der Waals surface area contributed by atoms with E-state index in [0.717, 1.165) is 5.69 Å². The first-order valence-electron chi connectivity index (χ1n) is 8.96. The van der Waals surface area contributed by atoms with Crippen LogP contribution in [0.25, 0.3) is 0 Å². The van der Waals surface area contributed by atoms with Gasteiger partial charge in [-0.1, -0.05) is 75.4 Å². The zero-order valence-electron chi connectivity index (χ0n) is 15.8. The fraction of sp³-hybridized carbons (Fsp3) is 0.167. The van der Waals surface area contributed by atoms with Crippen LogP contribution in [0.5, 0.6) is 0 Å². The second-order valence-electron chi connectivity index (χ2n) is 7.55. The average molecular weight is 357 g/mol. The smallest absolute Gasteiger partial charge is 0.255 e. The van der Waals surface area contributed by atoms with Gasteiger partial charge in [-0.15, -0.1) is 0 Å². The first-order valence-corrected chi connectivity index (χ1v) is 8.96. The largest absolute Gasteiger partial charge is 0.322 e. The molecule has 0 spiro atoms. The highest BCUT2D eigenvalue weighted by Gasteiger charge is 2.14. The Kier molecular flexibility index (Phi) is 5.22. The molecule has 0 heterocycles. The molecule has 0 aliphatic heterocycles. The third kappa shape index (κ3) is 4.50. The molecule has 0 saturated heterocycles. The minimum atomic E-state index is -0.197. The maximum absolute atomic E-state index is 12.5. The number of carbonyl (C=O) groups excluding carboxylic acids is 2. The van der Waals surface area contributed by atoms with Crippen LogP contribution in [0.3, 0.4) is 0 Å². The molecule has 0 atom stereocenters. The molecule has 27 heavy (non-hydrogen) atoms. The van der Waals surface area contributed by atoms with Crippen molar-refractivity contribution < 1.29 is 9.59 Å². The molecule has 3 aromatic carbocycles. The molecular weight excluding hydrogens is 334 g/mol. The van der Waals surface area contributed by atoms with E-state index in [-0.39, 0.29) is 17.1 Å². The molecule has 0 aliphatic rings. The van der Waals surface area contributed by atoms with Gasteiger partial charge in [-0.05, 0) is 35.2 Å². The lowest BCUT2D eigenvalue weighted by molar-refractivity contribution is 0.102. The number of rotatable bonds is 4. The van der Waals surface area contributed by atoms with Gasteiger partial charge >= 0.3 is 0 Å². The second-order valence-corrected chi connectivity index (χ2v) is 7.55. The monoisotopic (exact) mass is 357 g/mol. The highest BCUT2D eigenvalue weighted by atomic mass is 16.1. The third-order valence-corrected chi connectivity index (χ3v) is 4.45. The Bertz CT molecular complexity index is 934. The maximum atomic E-state index is 12.5. The molecule has 1 amide bonds. The van der Waals surface area contributed by atoms with Crippen LogP contribution in [0.1, 0.15) is 52.6 Å². The molecule has 0 aromatic heterocycles. The Balaban J connectivity index is 1.70. The Hall–Kier alpha value is -3.20. The van der Waals surface area contributed by atoms with Gasteiger partial charge in [-0.2, -0.15) is 0 Å². The quantitative estimate of drug-likeness (QED) is 0.630.